The highest BCUT2D eigenvalue weighted by atomic mass is 32.1. The first-order valence-electron chi connectivity index (χ1n) is 3.94. The van der Waals surface area contributed by atoms with Gasteiger partial charge in [-0.3, -0.25) is 0 Å². The van der Waals surface area contributed by atoms with Crippen LogP contribution in [-0.4, -0.2) is 21.8 Å². The molecule has 0 aliphatic carbocycles. The first-order valence-corrected chi connectivity index (χ1v) is 4.82. The van der Waals surface area contributed by atoms with Crippen molar-refractivity contribution in [3.63, 3.8) is 0 Å². The van der Waals surface area contributed by atoms with E-state index in [9.17, 15) is 0 Å². The highest BCUT2D eigenvalue weighted by molar-refractivity contribution is 7.13. The van der Waals surface area contributed by atoms with E-state index in [4.69, 9.17) is 0 Å². The summed E-state index contributed by atoms with van der Waals surface area (Å²) in [5, 5.41) is 9.27. The molecule has 1 N–H and O–H groups in total. The average Bonchev–Trinajstić information content (AvgIpc) is 2.71. The Morgan fingerprint density at radius 3 is 2.92 bits per heavy atom. The molecule has 0 unspecified atom stereocenters. The fourth-order valence-corrected chi connectivity index (χ4v) is 1.77. The summed E-state index contributed by atoms with van der Waals surface area (Å²) in [7, 11) is 3.71. The third-order valence-corrected chi connectivity index (χ3v) is 2.59. The largest absolute Gasteiger partial charge is 0.357 e. The summed E-state index contributed by atoms with van der Waals surface area (Å²) in [6.07, 6.45) is 0. The molecule has 4 nitrogen and oxygen atoms in total. The number of hydrogen-bond donors (Lipinski definition) is 1. The van der Waals surface area contributed by atoms with Crippen LogP contribution in [0.5, 0.6) is 0 Å². The lowest BCUT2D eigenvalue weighted by Crippen LogP contribution is -1.98. The molecule has 2 aromatic rings. The Kier molecular flexibility index (Phi) is 2.02. The van der Waals surface area contributed by atoms with Crippen molar-refractivity contribution < 1.29 is 0 Å². The number of anilines is 1. The fraction of sp³-hybridized carbons (Fsp3) is 0.250. The molecule has 0 saturated heterocycles. The fourth-order valence-electron chi connectivity index (χ4n) is 1.11. The van der Waals surface area contributed by atoms with E-state index >= 15 is 0 Å². The van der Waals surface area contributed by atoms with Crippen LogP contribution in [0.1, 0.15) is 0 Å². The van der Waals surface area contributed by atoms with Crippen LogP contribution in [0.2, 0.25) is 0 Å². The standard InChI is InChI=1S/C8H10N4S/c1-9-8-10-7(11-12(8)2)6-4-3-5-13-6/h3-5H,1-2H3,(H,9,10,11). The molecule has 0 aliphatic heterocycles. The van der Waals surface area contributed by atoms with E-state index in [2.05, 4.69) is 15.4 Å². The van der Waals surface area contributed by atoms with Gasteiger partial charge in [-0.1, -0.05) is 6.07 Å². The Balaban J connectivity index is 2.43. The Morgan fingerprint density at radius 1 is 1.54 bits per heavy atom. The monoisotopic (exact) mass is 194 g/mol. The van der Waals surface area contributed by atoms with Crippen LogP contribution in [0.15, 0.2) is 17.5 Å². The number of rotatable bonds is 2. The van der Waals surface area contributed by atoms with Gasteiger partial charge in [-0.2, -0.15) is 4.98 Å². The molecule has 0 amide bonds. The van der Waals surface area contributed by atoms with Gasteiger partial charge < -0.3 is 5.32 Å². The van der Waals surface area contributed by atoms with Crippen LogP contribution < -0.4 is 5.32 Å². The zero-order valence-corrected chi connectivity index (χ0v) is 8.30. The zero-order chi connectivity index (χ0) is 9.26. The molecule has 0 radical (unpaired) electrons. The van der Waals surface area contributed by atoms with Crippen molar-refractivity contribution in [3.05, 3.63) is 17.5 Å². The second-order valence-corrected chi connectivity index (χ2v) is 3.56. The van der Waals surface area contributed by atoms with Crippen molar-refractivity contribution in [2.75, 3.05) is 12.4 Å². The van der Waals surface area contributed by atoms with Gasteiger partial charge in [0.2, 0.25) is 5.95 Å². The summed E-state index contributed by atoms with van der Waals surface area (Å²) in [5.41, 5.74) is 0. The predicted molar refractivity (Wildman–Crippen MR) is 53.9 cm³/mol. The summed E-state index contributed by atoms with van der Waals surface area (Å²) < 4.78 is 1.73. The van der Waals surface area contributed by atoms with Gasteiger partial charge in [-0.05, 0) is 11.4 Å². The smallest absolute Gasteiger partial charge is 0.221 e. The highest BCUT2D eigenvalue weighted by Gasteiger charge is 2.07. The van der Waals surface area contributed by atoms with Crippen molar-refractivity contribution >= 4 is 17.3 Å². The maximum atomic E-state index is 4.32. The molecule has 68 valence electrons. The number of nitrogens with one attached hydrogen (secondary N) is 1. The van der Waals surface area contributed by atoms with Crippen LogP contribution in [0.3, 0.4) is 0 Å². The lowest BCUT2D eigenvalue weighted by molar-refractivity contribution is 0.776. The summed E-state index contributed by atoms with van der Waals surface area (Å²) in [6, 6.07) is 4.01. The maximum Gasteiger partial charge on any atom is 0.221 e. The number of aromatic nitrogens is 3. The van der Waals surface area contributed by atoms with Gasteiger partial charge in [0, 0.05) is 14.1 Å². The van der Waals surface area contributed by atoms with Gasteiger partial charge in [0.25, 0.3) is 0 Å². The Morgan fingerprint density at radius 2 is 2.38 bits per heavy atom. The zero-order valence-electron chi connectivity index (χ0n) is 7.48. The molecule has 0 spiro atoms. The molecule has 2 aromatic heterocycles. The van der Waals surface area contributed by atoms with Crippen molar-refractivity contribution in [1.82, 2.24) is 14.8 Å². The van der Waals surface area contributed by atoms with E-state index in [0.717, 1.165) is 16.6 Å². The average molecular weight is 194 g/mol. The second kappa shape index (κ2) is 3.18. The lowest BCUT2D eigenvalue weighted by Gasteiger charge is -1.93. The SMILES string of the molecule is CNc1nc(-c2cccs2)nn1C. The Labute approximate surface area is 80.2 Å². The van der Waals surface area contributed by atoms with Crippen LogP contribution in [0, 0.1) is 0 Å². The number of aryl methyl sites for hydroxylation is 1. The van der Waals surface area contributed by atoms with Crippen molar-refractivity contribution in [2.45, 2.75) is 0 Å². The van der Waals surface area contributed by atoms with E-state index in [1.807, 2.05) is 31.6 Å². The van der Waals surface area contributed by atoms with Crippen LogP contribution >= 0.6 is 11.3 Å². The van der Waals surface area contributed by atoms with Gasteiger partial charge in [0.05, 0.1) is 4.88 Å². The first kappa shape index (κ1) is 8.25. The number of thiophene rings is 1. The van der Waals surface area contributed by atoms with Gasteiger partial charge in [-0.15, -0.1) is 16.4 Å². The molecule has 2 heterocycles. The van der Waals surface area contributed by atoms with E-state index < -0.39 is 0 Å². The van der Waals surface area contributed by atoms with E-state index in [1.165, 1.54) is 0 Å². The van der Waals surface area contributed by atoms with Gasteiger partial charge in [-0.25, -0.2) is 4.68 Å². The van der Waals surface area contributed by atoms with Crippen molar-refractivity contribution in [1.29, 1.82) is 0 Å². The van der Waals surface area contributed by atoms with Crippen molar-refractivity contribution in [2.24, 2.45) is 7.05 Å². The third-order valence-electron chi connectivity index (χ3n) is 1.73. The van der Waals surface area contributed by atoms with Gasteiger partial charge in [0.15, 0.2) is 5.82 Å². The highest BCUT2D eigenvalue weighted by Crippen LogP contribution is 2.21. The Hall–Kier alpha value is -1.36. The number of nitrogens with zero attached hydrogens (tertiary/aromatic N) is 3. The minimum atomic E-state index is 0.779. The minimum Gasteiger partial charge on any atom is -0.357 e. The molecule has 0 aliphatic rings. The Bertz CT molecular complexity index is 390. The topological polar surface area (TPSA) is 42.7 Å². The molecule has 13 heavy (non-hydrogen) atoms. The normalized spacial score (nSPS) is 10.3. The second-order valence-electron chi connectivity index (χ2n) is 2.61. The molecule has 0 fully saturated rings. The molecular formula is C8H10N4S. The quantitative estimate of drug-likeness (QED) is 0.789. The summed E-state index contributed by atoms with van der Waals surface area (Å²) in [6.45, 7) is 0. The summed E-state index contributed by atoms with van der Waals surface area (Å²) >= 11 is 1.64. The van der Waals surface area contributed by atoms with E-state index in [0.29, 0.717) is 0 Å². The van der Waals surface area contributed by atoms with Crippen LogP contribution in [0.25, 0.3) is 10.7 Å². The molecule has 0 bridgehead atoms. The van der Waals surface area contributed by atoms with Crippen LogP contribution in [-0.2, 0) is 7.05 Å². The third kappa shape index (κ3) is 1.42. The maximum absolute atomic E-state index is 4.32. The van der Waals surface area contributed by atoms with E-state index in [-0.39, 0.29) is 0 Å². The lowest BCUT2D eigenvalue weighted by atomic mass is 10.4. The molecule has 0 atom stereocenters. The first-order chi connectivity index (χ1) is 6.31. The minimum absolute atomic E-state index is 0.779. The van der Waals surface area contributed by atoms with Gasteiger partial charge in [0.1, 0.15) is 0 Å². The van der Waals surface area contributed by atoms with Crippen LogP contribution in [0.4, 0.5) is 5.95 Å². The molecular weight excluding hydrogens is 184 g/mol. The van der Waals surface area contributed by atoms with Crippen molar-refractivity contribution in [3.8, 4) is 10.7 Å². The van der Waals surface area contributed by atoms with E-state index in [1.54, 1.807) is 16.0 Å². The number of hydrogen-bond acceptors (Lipinski definition) is 4. The summed E-state index contributed by atoms with van der Waals surface area (Å²) in [4.78, 5) is 5.42. The molecule has 2 rings (SSSR count). The predicted octanol–water partition coefficient (Wildman–Crippen LogP) is 1.59. The molecule has 0 saturated carbocycles. The van der Waals surface area contributed by atoms with Gasteiger partial charge >= 0.3 is 0 Å². The molecule has 0 aromatic carbocycles. The summed E-state index contributed by atoms with van der Waals surface area (Å²) in [5.74, 6) is 1.56. The molecule has 5 heteroatoms.